The van der Waals surface area contributed by atoms with E-state index < -0.39 is 0 Å². The number of imidazole rings is 1. The molecule has 1 aliphatic heterocycles. The summed E-state index contributed by atoms with van der Waals surface area (Å²) in [4.78, 5) is 9.62. The molecule has 33 heavy (non-hydrogen) atoms. The molecule has 0 aliphatic carbocycles. The highest BCUT2D eigenvalue weighted by Crippen LogP contribution is 2.35. The number of aromatic nitrogens is 2. The summed E-state index contributed by atoms with van der Waals surface area (Å²) < 4.78 is 2.20. The molecule has 0 spiro atoms. The van der Waals surface area contributed by atoms with Crippen molar-refractivity contribution in [3.63, 3.8) is 0 Å². The Labute approximate surface area is 194 Å². The van der Waals surface area contributed by atoms with E-state index in [4.69, 9.17) is 4.98 Å². The first-order valence-corrected chi connectivity index (χ1v) is 11.6. The summed E-state index contributed by atoms with van der Waals surface area (Å²) in [7, 11) is 0. The van der Waals surface area contributed by atoms with Crippen molar-refractivity contribution in [3.8, 4) is 6.07 Å². The average Bonchev–Trinajstić information content (AvgIpc) is 3.21. The summed E-state index contributed by atoms with van der Waals surface area (Å²) in [5.41, 5.74) is 7.98. The van der Waals surface area contributed by atoms with Crippen LogP contribution in [0.4, 0.5) is 5.82 Å². The van der Waals surface area contributed by atoms with Crippen molar-refractivity contribution in [3.05, 3.63) is 76.3 Å². The molecule has 2 aromatic carbocycles. The summed E-state index contributed by atoms with van der Waals surface area (Å²) in [6.07, 6.45) is 0.759. The van der Waals surface area contributed by atoms with E-state index in [-0.39, 0.29) is 6.61 Å². The molecule has 0 amide bonds. The third-order valence-corrected chi connectivity index (χ3v) is 6.80. The van der Waals surface area contributed by atoms with Gasteiger partial charge in [-0.3, -0.25) is 9.30 Å². The maximum absolute atomic E-state index is 10.1. The largest absolute Gasteiger partial charge is 0.395 e. The SMILES string of the molecule is Cc1ccc(Cc2c(C)c(C#N)c3nc4ccccc4n3c2N2CCN(CCO)CC2)cc1. The lowest BCUT2D eigenvalue weighted by atomic mass is 9.96. The van der Waals surface area contributed by atoms with Crippen molar-refractivity contribution < 1.29 is 5.11 Å². The number of benzene rings is 2. The zero-order chi connectivity index (χ0) is 22.9. The predicted octanol–water partition coefficient (Wildman–Crippen LogP) is 3.68. The van der Waals surface area contributed by atoms with Crippen LogP contribution in [0.3, 0.4) is 0 Å². The van der Waals surface area contributed by atoms with Crippen molar-refractivity contribution in [2.75, 3.05) is 44.2 Å². The van der Waals surface area contributed by atoms with Gasteiger partial charge in [-0.1, -0.05) is 42.0 Å². The molecule has 3 heterocycles. The van der Waals surface area contributed by atoms with Crippen LogP contribution in [0.1, 0.15) is 27.8 Å². The maximum Gasteiger partial charge on any atom is 0.157 e. The van der Waals surface area contributed by atoms with Gasteiger partial charge in [0.15, 0.2) is 5.65 Å². The van der Waals surface area contributed by atoms with Gasteiger partial charge in [0.05, 0.1) is 23.2 Å². The zero-order valence-electron chi connectivity index (χ0n) is 19.3. The number of pyridine rings is 1. The van der Waals surface area contributed by atoms with E-state index in [1.165, 1.54) is 16.7 Å². The molecule has 1 N–H and O–H groups in total. The van der Waals surface area contributed by atoms with Crippen LogP contribution in [0.15, 0.2) is 48.5 Å². The van der Waals surface area contributed by atoms with Crippen LogP contribution in [0.2, 0.25) is 0 Å². The number of nitriles is 1. The first kappa shape index (κ1) is 21.4. The number of aliphatic hydroxyl groups excluding tert-OH is 1. The van der Waals surface area contributed by atoms with Gasteiger partial charge in [0, 0.05) is 44.7 Å². The topological polar surface area (TPSA) is 67.8 Å². The Morgan fingerprint density at radius 1 is 1.00 bits per heavy atom. The second kappa shape index (κ2) is 8.86. The van der Waals surface area contributed by atoms with E-state index in [2.05, 4.69) is 64.4 Å². The van der Waals surface area contributed by atoms with Crippen LogP contribution < -0.4 is 4.90 Å². The number of anilines is 1. The van der Waals surface area contributed by atoms with Crippen LogP contribution in [0, 0.1) is 25.2 Å². The lowest BCUT2D eigenvalue weighted by molar-refractivity contribution is 0.188. The molecule has 4 aromatic rings. The Kier molecular flexibility index (Phi) is 5.76. The molecule has 1 saturated heterocycles. The fourth-order valence-corrected chi connectivity index (χ4v) is 4.94. The van der Waals surface area contributed by atoms with E-state index in [1.807, 2.05) is 18.2 Å². The number of aliphatic hydroxyl groups is 1. The Morgan fingerprint density at radius 3 is 2.42 bits per heavy atom. The van der Waals surface area contributed by atoms with Gasteiger partial charge >= 0.3 is 0 Å². The van der Waals surface area contributed by atoms with E-state index in [0.29, 0.717) is 12.1 Å². The molecule has 0 atom stereocenters. The van der Waals surface area contributed by atoms with Crippen LogP contribution >= 0.6 is 0 Å². The number of rotatable bonds is 5. The molecule has 0 saturated carbocycles. The van der Waals surface area contributed by atoms with Gasteiger partial charge < -0.3 is 10.0 Å². The maximum atomic E-state index is 10.1. The monoisotopic (exact) mass is 439 g/mol. The molecule has 168 valence electrons. The molecule has 1 fully saturated rings. The fourth-order valence-electron chi connectivity index (χ4n) is 4.94. The minimum absolute atomic E-state index is 0.186. The normalized spacial score (nSPS) is 14.8. The average molecular weight is 440 g/mol. The quantitative estimate of drug-likeness (QED) is 0.514. The minimum atomic E-state index is 0.186. The third kappa shape index (κ3) is 3.84. The van der Waals surface area contributed by atoms with Gasteiger partial charge in [0.2, 0.25) is 0 Å². The van der Waals surface area contributed by atoms with Gasteiger partial charge in [0.25, 0.3) is 0 Å². The van der Waals surface area contributed by atoms with E-state index in [9.17, 15) is 10.4 Å². The van der Waals surface area contributed by atoms with Gasteiger partial charge in [0.1, 0.15) is 11.9 Å². The molecule has 0 bridgehead atoms. The van der Waals surface area contributed by atoms with E-state index in [1.54, 1.807) is 0 Å². The number of para-hydroxylation sites is 2. The standard InChI is InChI=1S/C27H29N5O/c1-19-7-9-21(10-8-19)17-22-20(2)23(18-28)26-29-24-5-3-4-6-25(24)32(26)27(22)31-13-11-30(12-14-31)15-16-33/h3-10,33H,11-17H2,1-2H3. The van der Waals surface area contributed by atoms with Gasteiger partial charge in [-0.2, -0.15) is 5.26 Å². The van der Waals surface area contributed by atoms with Crippen molar-refractivity contribution in [1.29, 1.82) is 5.26 Å². The molecule has 1 aliphatic rings. The third-order valence-electron chi connectivity index (χ3n) is 6.80. The van der Waals surface area contributed by atoms with Gasteiger partial charge in [-0.05, 0) is 37.1 Å². The first-order valence-electron chi connectivity index (χ1n) is 11.6. The highest BCUT2D eigenvalue weighted by molar-refractivity contribution is 5.86. The molecule has 0 unspecified atom stereocenters. The Bertz CT molecular complexity index is 1340. The Balaban J connectivity index is 1.73. The first-order chi connectivity index (χ1) is 16.1. The number of nitrogens with zero attached hydrogens (tertiary/aromatic N) is 5. The van der Waals surface area contributed by atoms with Crippen LogP contribution in [0.25, 0.3) is 16.7 Å². The molecular weight excluding hydrogens is 410 g/mol. The fraction of sp³-hybridized carbons (Fsp3) is 0.333. The van der Waals surface area contributed by atoms with Crippen molar-refractivity contribution in [1.82, 2.24) is 14.3 Å². The number of hydrogen-bond acceptors (Lipinski definition) is 5. The highest BCUT2D eigenvalue weighted by Gasteiger charge is 2.26. The zero-order valence-corrected chi connectivity index (χ0v) is 19.3. The summed E-state index contributed by atoms with van der Waals surface area (Å²) in [6.45, 7) is 8.60. The van der Waals surface area contributed by atoms with Crippen LogP contribution in [0.5, 0.6) is 0 Å². The molecule has 0 radical (unpaired) electrons. The molecule has 2 aromatic heterocycles. The summed E-state index contributed by atoms with van der Waals surface area (Å²) in [5.74, 6) is 1.14. The summed E-state index contributed by atoms with van der Waals surface area (Å²) in [5, 5.41) is 19.5. The smallest absolute Gasteiger partial charge is 0.157 e. The van der Waals surface area contributed by atoms with Crippen molar-refractivity contribution >= 4 is 22.5 Å². The van der Waals surface area contributed by atoms with Crippen LogP contribution in [-0.4, -0.2) is 58.7 Å². The van der Waals surface area contributed by atoms with Crippen LogP contribution in [-0.2, 0) is 6.42 Å². The van der Waals surface area contributed by atoms with E-state index >= 15 is 0 Å². The lowest BCUT2D eigenvalue weighted by Crippen LogP contribution is -2.48. The number of aryl methyl sites for hydroxylation is 1. The predicted molar refractivity (Wildman–Crippen MR) is 132 cm³/mol. The lowest BCUT2D eigenvalue weighted by Gasteiger charge is -2.37. The Hall–Kier alpha value is -3.40. The number of piperazine rings is 1. The number of hydrogen-bond donors (Lipinski definition) is 1. The molecule has 6 nitrogen and oxygen atoms in total. The van der Waals surface area contributed by atoms with Gasteiger partial charge in [-0.25, -0.2) is 4.98 Å². The summed E-state index contributed by atoms with van der Waals surface area (Å²) in [6, 6.07) is 19.2. The second-order valence-corrected chi connectivity index (χ2v) is 8.89. The number of fused-ring (bicyclic) bond motifs is 3. The molecule has 5 rings (SSSR count). The molecular formula is C27H29N5O. The number of β-amino-alcohol motifs (C(OH)–C–C–N with tert-alkyl or cyclic N) is 1. The van der Waals surface area contributed by atoms with Gasteiger partial charge in [-0.15, -0.1) is 0 Å². The molecule has 6 heteroatoms. The van der Waals surface area contributed by atoms with Crippen molar-refractivity contribution in [2.45, 2.75) is 20.3 Å². The van der Waals surface area contributed by atoms with E-state index in [0.717, 1.165) is 60.7 Å². The minimum Gasteiger partial charge on any atom is -0.395 e. The second-order valence-electron chi connectivity index (χ2n) is 8.89. The van der Waals surface area contributed by atoms with Crippen molar-refractivity contribution in [2.24, 2.45) is 0 Å². The summed E-state index contributed by atoms with van der Waals surface area (Å²) >= 11 is 0. The highest BCUT2D eigenvalue weighted by atomic mass is 16.3. The Morgan fingerprint density at radius 2 is 1.73 bits per heavy atom.